The van der Waals surface area contributed by atoms with Crippen LogP contribution in [-0.2, 0) is 4.74 Å². The van der Waals surface area contributed by atoms with Crippen LogP contribution in [0.25, 0.3) is 10.2 Å². The number of nitrogens with zero attached hydrogens (tertiary/aromatic N) is 3. The summed E-state index contributed by atoms with van der Waals surface area (Å²) in [6, 6.07) is 6.28. The van der Waals surface area contributed by atoms with Gasteiger partial charge in [-0.1, -0.05) is 11.3 Å². The van der Waals surface area contributed by atoms with E-state index in [0.717, 1.165) is 35.4 Å². The van der Waals surface area contributed by atoms with Gasteiger partial charge in [0.15, 0.2) is 17.9 Å². The zero-order valence-corrected chi connectivity index (χ0v) is 14.1. The minimum absolute atomic E-state index is 0.153. The Morgan fingerprint density at radius 3 is 3.17 bits per heavy atom. The largest absolute Gasteiger partial charge is 0.375 e. The molecule has 3 heterocycles. The van der Waals surface area contributed by atoms with Crippen molar-refractivity contribution in [2.24, 2.45) is 0 Å². The average Bonchev–Trinajstić information content (AvgIpc) is 3.09. The van der Waals surface area contributed by atoms with Gasteiger partial charge in [0.25, 0.3) is 0 Å². The summed E-state index contributed by atoms with van der Waals surface area (Å²) in [4.78, 5) is 4.31. The minimum Gasteiger partial charge on any atom is -0.375 e. The predicted molar refractivity (Wildman–Crippen MR) is 93.5 cm³/mol. The van der Waals surface area contributed by atoms with Crippen LogP contribution in [0.2, 0.25) is 0 Å². The highest BCUT2D eigenvalue weighted by Gasteiger charge is 2.32. The van der Waals surface area contributed by atoms with Gasteiger partial charge in [-0.05, 0) is 44.4 Å². The molecule has 0 bridgehead atoms. The van der Waals surface area contributed by atoms with Crippen molar-refractivity contribution in [3.63, 3.8) is 0 Å². The molecule has 1 aromatic carbocycles. The molecule has 1 fully saturated rings. The monoisotopic (exact) mass is 329 g/mol. The minimum atomic E-state index is 0.153. The van der Waals surface area contributed by atoms with E-state index in [1.165, 1.54) is 29.8 Å². The highest BCUT2D eigenvalue weighted by molar-refractivity contribution is 7.22. The molecule has 0 spiro atoms. The van der Waals surface area contributed by atoms with Gasteiger partial charge >= 0.3 is 0 Å². The first-order valence-corrected chi connectivity index (χ1v) is 8.85. The smallest absolute Gasteiger partial charge is 0.201 e. The molecule has 120 valence electrons. The Balaban J connectivity index is 1.64. The Hall–Kier alpha value is -1.92. The second kappa shape index (κ2) is 5.94. The molecule has 1 atom stereocenters. The molecular weight excluding hydrogens is 308 g/mol. The number of fused-ring (bicyclic) bond motifs is 1. The van der Waals surface area contributed by atoms with Crippen LogP contribution in [0, 0.1) is 0 Å². The summed E-state index contributed by atoms with van der Waals surface area (Å²) >= 11 is 1.53. The lowest BCUT2D eigenvalue weighted by molar-refractivity contribution is -0.675. The Morgan fingerprint density at radius 2 is 2.35 bits per heavy atom. The number of ether oxygens (including phenoxy) is 1. The highest BCUT2D eigenvalue weighted by atomic mass is 32.1. The number of thiazole rings is 1. The number of nitrogen functional groups attached to an aromatic ring is 1. The molecule has 1 saturated heterocycles. The van der Waals surface area contributed by atoms with Crippen LogP contribution in [0.5, 0.6) is 0 Å². The van der Waals surface area contributed by atoms with Crippen LogP contribution >= 0.6 is 11.3 Å². The average molecular weight is 329 g/mol. The van der Waals surface area contributed by atoms with Gasteiger partial charge in [-0.3, -0.25) is 0 Å². The zero-order valence-electron chi connectivity index (χ0n) is 13.2. The van der Waals surface area contributed by atoms with Crippen LogP contribution < -0.4 is 5.73 Å². The van der Waals surface area contributed by atoms with Crippen molar-refractivity contribution in [1.29, 1.82) is 0 Å². The molecule has 0 aliphatic carbocycles. The van der Waals surface area contributed by atoms with Gasteiger partial charge in [-0.25, -0.2) is 4.98 Å². The van der Waals surface area contributed by atoms with Crippen molar-refractivity contribution in [2.75, 3.05) is 18.9 Å². The van der Waals surface area contributed by atoms with Gasteiger partial charge in [0.1, 0.15) is 0 Å². The molecule has 0 radical (unpaired) electrons. The van der Waals surface area contributed by atoms with Gasteiger partial charge in [0, 0.05) is 17.7 Å². The number of benzene rings is 1. The molecule has 4 rings (SSSR count). The SMILES string of the molecule is CC1=CN(C2CCCCO2)/[N+](=C\c2ccc3nc(N)sc3c2)C1. The predicted octanol–water partition coefficient (Wildman–Crippen LogP) is 2.97. The van der Waals surface area contributed by atoms with Crippen molar-refractivity contribution in [3.8, 4) is 0 Å². The van der Waals surface area contributed by atoms with Crippen LogP contribution in [0.15, 0.2) is 30.0 Å². The van der Waals surface area contributed by atoms with Gasteiger partial charge < -0.3 is 10.5 Å². The molecule has 0 saturated carbocycles. The fourth-order valence-corrected chi connectivity index (χ4v) is 3.97. The van der Waals surface area contributed by atoms with Gasteiger partial charge in [-0.2, -0.15) is 0 Å². The lowest BCUT2D eigenvalue weighted by Gasteiger charge is -2.27. The lowest BCUT2D eigenvalue weighted by atomic mass is 10.2. The molecule has 1 unspecified atom stereocenters. The summed E-state index contributed by atoms with van der Waals surface area (Å²) in [5.74, 6) is 0. The van der Waals surface area contributed by atoms with Crippen LogP contribution in [0.3, 0.4) is 0 Å². The second-order valence-electron chi connectivity index (χ2n) is 6.18. The number of hydrogen-bond acceptors (Lipinski definition) is 5. The van der Waals surface area contributed by atoms with E-state index in [-0.39, 0.29) is 6.23 Å². The summed E-state index contributed by atoms with van der Waals surface area (Å²) in [6.45, 7) is 3.92. The number of hydrazine groups is 1. The molecule has 2 aliphatic rings. The van der Waals surface area contributed by atoms with Crippen LogP contribution in [0.1, 0.15) is 31.7 Å². The van der Waals surface area contributed by atoms with E-state index in [2.05, 4.69) is 46.1 Å². The van der Waals surface area contributed by atoms with E-state index in [1.807, 2.05) is 6.07 Å². The maximum atomic E-state index is 5.95. The van der Waals surface area contributed by atoms with E-state index in [9.17, 15) is 0 Å². The Kier molecular flexibility index (Phi) is 3.79. The van der Waals surface area contributed by atoms with Crippen LogP contribution in [-0.4, -0.2) is 40.3 Å². The Labute approximate surface area is 139 Å². The summed E-state index contributed by atoms with van der Waals surface area (Å²) in [5.41, 5.74) is 9.26. The number of hydrogen-bond donors (Lipinski definition) is 1. The molecule has 0 amide bonds. The first-order chi connectivity index (χ1) is 11.2. The first-order valence-electron chi connectivity index (χ1n) is 8.04. The molecule has 2 N–H and O–H groups in total. The van der Waals surface area contributed by atoms with E-state index >= 15 is 0 Å². The van der Waals surface area contributed by atoms with E-state index in [4.69, 9.17) is 10.5 Å². The fourth-order valence-electron chi connectivity index (χ4n) is 3.18. The van der Waals surface area contributed by atoms with Gasteiger partial charge in [0.05, 0.1) is 16.4 Å². The summed E-state index contributed by atoms with van der Waals surface area (Å²) in [5, 5.41) is 2.85. The number of rotatable bonds is 2. The third-order valence-corrected chi connectivity index (χ3v) is 5.09. The molecule has 2 aromatic rings. The van der Waals surface area contributed by atoms with Crippen molar-refractivity contribution < 1.29 is 9.42 Å². The lowest BCUT2D eigenvalue weighted by Crippen LogP contribution is -2.40. The molecule has 5 nitrogen and oxygen atoms in total. The summed E-state index contributed by atoms with van der Waals surface area (Å²) in [7, 11) is 0. The number of nitrogens with two attached hydrogens (primary N) is 1. The Morgan fingerprint density at radius 1 is 1.43 bits per heavy atom. The third-order valence-electron chi connectivity index (χ3n) is 4.24. The third kappa shape index (κ3) is 2.96. The van der Waals surface area contributed by atoms with E-state index < -0.39 is 0 Å². The topological polar surface area (TPSA) is 54.4 Å². The van der Waals surface area contributed by atoms with Gasteiger partial charge in [-0.15, -0.1) is 9.69 Å². The fraction of sp³-hybridized carbons (Fsp3) is 0.412. The summed E-state index contributed by atoms with van der Waals surface area (Å²) in [6.07, 6.45) is 8.02. The first kappa shape index (κ1) is 14.7. The van der Waals surface area contributed by atoms with Crippen molar-refractivity contribution in [3.05, 3.63) is 35.5 Å². The molecule has 6 heteroatoms. The van der Waals surface area contributed by atoms with E-state index in [1.54, 1.807) is 0 Å². The second-order valence-corrected chi connectivity index (χ2v) is 7.24. The van der Waals surface area contributed by atoms with Crippen molar-refractivity contribution >= 4 is 32.9 Å². The number of hydrazone groups is 1. The molecule has 23 heavy (non-hydrogen) atoms. The van der Waals surface area contributed by atoms with Crippen molar-refractivity contribution in [1.82, 2.24) is 9.99 Å². The Bertz CT molecular complexity index is 789. The maximum absolute atomic E-state index is 5.95. The molecule has 1 aromatic heterocycles. The normalized spacial score (nSPS) is 23.7. The van der Waals surface area contributed by atoms with Crippen LogP contribution in [0.4, 0.5) is 5.13 Å². The quantitative estimate of drug-likeness (QED) is 0.861. The highest BCUT2D eigenvalue weighted by Crippen LogP contribution is 2.25. The van der Waals surface area contributed by atoms with E-state index in [0.29, 0.717) is 5.13 Å². The van der Waals surface area contributed by atoms with Gasteiger partial charge in [0.2, 0.25) is 6.21 Å². The standard InChI is InChI=1S/C17H20N4OS/c1-12-9-20(21(10-12)16-4-2-3-7-22-16)11-13-5-6-14-15(8-13)23-17(18)19-14/h5-6,8,10-11,16,18H,2-4,7,9H2,1H3/p+1. The van der Waals surface area contributed by atoms with Crippen molar-refractivity contribution in [2.45, 2.75) is 32.4 Å². The molecule has 2 aliphatic heterocycles. The number of anilines is 1. The maximum Gasteiger partial charge on any atom is 0.201 e. The zero-order chi connectivity index (χ0) is 15.8. The molecular formula is C17H21N4OS+. The number of aromatic nitrogens is 1. The summed E-state index contributed by atoms with van der Waals surface area (Å²) < 4.78 is 9.32.